The minimum Gasteiger partial charge on any atom is -0.486 e. The number of benzene rings is 1. The van der Waals surface area contributed by atoms with Crippen molar-refractivity contribution in [3.63, 3.8) is 0 Å². The number of aliphatic hydroxyl groups excluding tert-OH is 1. The number of ether oxygens (including phenoxy) is 2. The maximum atomic E-state index is 9.26. The van der Waals surface area contributed by atoms with Gasteiger partial charge in [-0.25, -0.2) is 0 Å². The fourth-order valence-electron chi connectivity index (χ4n) is 2.69. The van der Waals surface area contributed by atoms with Crippen LogP contribution in [0.5, 0.6) is 11.5 Å². The minimum absolute atomic E-state index is 0.0510. The van der Waals surface area contributed by atoms with Gasteiger partial charge in [0.1, 0.15) is 13.2 Å². The SMILES string of the molecule is NCC1(c2ccc3c(c2)OCCO3)CC1CO. The van der Waals surface area contributed by atoms with E-state index >= 15 is 0 Å². The molecule has 92 valence electrons. The molecular formula is C13H17NO3. The van der Waals surface area contributed by atoms with Gasteiger partial charge in [0.15, 0.2) is 11.5 Å². The van der Waals surface area contributed by atoms with E-state index in [1.54, 1.807) is 0 Å². The molecule has 0 amide bonds. The average molecular weight is 235 g/mol. The number of aliphatic hydroxyl groups is 1. The lowest BCUT2D eigenvalue weighted by atomic mass is 9.93. The standard InChI is InChI=1S/C13H17NO3/c14-8-13(6-10(13)7-15)9-1-2-11-12(5-9)17-4-3-16-11/h1-2,5,10,15H,3-4,6-8,14H2. The van der Waals surface area contributed by atoms with Crippen LogP contribution in [-0.4, -0.2) is 31.5 Å². The van der Waals surface area contributed by atoms with Crippen LogP contribution in [0.3, 0.4) is 0 Å². The van der Waals surface area contributed by atoms with Crippen LogP contribution in [-0.2, 0) is 5.41 Å². The fourth-order valence-corrected chi connectivity index (χ4v) is 2.69. The van der Waals surface area contributed by atoms with E-state index < -0.39 is 0 Å². The molecule has 2 aliphatic rings. The molecular weight excluding hydrogens is 218 g/mol. The second kappa shape index (κ2) is 3.89. The molecule has 3 rings (SSSR count). The first-order valence-electron chi connectivity index (χ1n) is 6.01. The van der Waals surface area contributed by atoms with E-state index in [-0.39, 0.29) is 17.9 Å². The summed E-state index contributed by atoms with van der Waals surface area (Å²) >= 11 is 0. The molecule has 1 aromatic carbocycles. The Kier molecular flexibility index (Phi) is 2.49. The first kappa shape index (κ1) is 10.9. The Balaban J connectivity index is 1.94. The Morgan fingerprint density at radius 2 is 2.06 bits per heavy atom. The summed E-state index contributed by atoms with van der Waals surface area (Å²) in [5.41, 5.74) is 6.96. The van der Waals surface area contributed by atoms with E-state index in [0.717, 1.165) is 23.5 Å². The highest BCUT2D eigenvalue weighted by molar-refractivity contribution is 5.48. The van der Waals surface area contributed by atoms with Crippen molar-refractivity contribution < 1.29 is 14.6 Å². The number of fused-ring (bicyclic) bond motifs is 1. The van der Waals surface area contributed by atoms with Crippen LogP contribution in [0.15, 0.2) is 18.2 Å². The Morgan fingerprint density at radius 3 is 2.71 bits per heavy atom. The number of hydrogen-bond acceptors (Lipinski definition) is 4. The van der Waals surface area contributed by atoms with Crippen molar-refractivity contribution in [3.8, 4) is 11.5 Å². The lowest BCUT2D eigenvalue weighted by molar-refractivity contribution is 0.171. The molecule has 0 saturated heterocycles. The van der Waals surface area contributed by atoms with Crippen molar-refractivity contribution >= 4 is 0 Å². The molecule has 4 heteroatoms. The highest BCUT2D eigenvalue weighted by Crippen LogP contribution is 2.54. The van der Waals surface area contributed by atoms with Crippen LogP contribution in [0, 0.1) is 5.92 Å². The molecule has 4 nitrogen and oxygen atoms in total. The average Bonchev–Trinajstić information content (AvgIpc) is 3.13. The van der Waals surface area contributed by atoms with Crippen molar-refractivity contribution in [2.75, 3.05) is 26.4 Å². The third kappa shape index (κ3) is 1.59. The molecule has 2 atom stereocenters. The lowest BCUT2D eigenvalue weighted by Crippen LogP contribution is -2.24. The highest BCUT2D eigenvalue weighted by Gasteiger charge is 2.53. The molecule has 1 saturated carbocycles. The van der Waals surface area contributed by atoms with Gasteiger partial charge in [-0.15, -0.1) is 0 Å². The Labute approximate surface area is 100 Å². The molecule has 1 aliphatic carbocycles. The van der Waals surface area contributed by atoms with Gasteiger partial charge in [0.2, 0.25) is 0 Å². The van der Waals surface area contributed by atoms with Crippen LogP contribution in [0.2, 0.25) is 0 Å². The summed E-state index contributed by atoms with van der Waals surface area (Å²) in [6, 6.07) is 5.99. The maximum absolute atomic E-state index is 9.26. The van der Waals surface area contributed by atoms with Crippen LogP contribution in [0.1, 0.15) is 12.0 Å². The van der Waals surface area contributed by atoms with Crippen LogP contribution in [0.4, 0.5) is 0 Å². The molecule has 1 aromatic rings. The second-order valence-electron chi connectivity index (χ2n) is 4.80. The Bertz CT molecular complexity index is 435. The predicted octanol–water partition coefficient (Wildman–Crippen LogP) is 0.666. The van der Waals surface area contributed by atoms with Crippen molar-refractivity contribution in [2.24, 2.45) is 11.7 Å². The van der Waals surface area contributed by atoms with E-state index in [4.69, 9.17) is 15.2 Å². The van der Waals surface area contributed by atoms with Crippen molar-refractivity contribution in [2.45, 2.75) is 11.8 Å². The molecule has 1 heterocycles. The minimum atomic E-state index is -0.0510. The van der Waals surface area contributed by atoms with Gasteiger partial charge in [-0.1, -0.05) is 6.07 Å². The van der Waals surface area contributed by atoms with E-state index in [1.165, 1.54) is 0 Å². The number of nitrogens with two attached hydrogens (primary N) is 1. The molecule has 1 fully saturated rings. The van der Waals surface area contributed by atoms with Crippen molar-refractivity contribution in [3.05, 3.63) is 23.8 Å². The molecule has 0 bridgehead atoms. The van der Waals surface area contributed by atoms with Gasteiger partial charge in [-0.2, -0.15) is 0 Å². The van der Waals surface area contributed by atoms with Gasteiger partial charge in [0.05, 0.1) is 0 Å². The maximum Gasteiger partial charge on any atom is 0.161 e. The zero-order valence-corrected chi connectivity index (χ0v) is 9.69. The van der Waals surface area contributed by atoms with Gasteiger partial charge in [-0.3, -0.25) is 0 Å². The number of rotatable bonds is 3. The van der Waals surface area contributed by atoms with Gasteiger partial charge in [0, 0.05) is 18.6 Å². The normalized spacial score (nSPS) is 30.1. The van der Waals surface area contributed by atoms with Crippen LogP contribution < -0.4 is 15.2 Å². The van der Waals surface area contributed by atoms with Gasteiger partial charge >= 0.3 is 0 Å². The summed E-state index contributed by atoms with van der Waals surface area (Å²) in [5, 5.41) is 9.26. The molecule has 17 heavy (non-hydrogen) atoms. The summed E-state index contributed by atoms with van der Waals surface area (Å²) in [6.07, 6.45) is 0.958. The summed E-state index contributed by atoms with van der Waals surface area (Å²) in [4.78, 5) is 0. The van der Waals surface area contributed by atoms with Crippen molar-refractivity contribution in [1.29, 1.82) is 0 Å². The molecule has 0 spiro atoms. The molecule has 0 aromatic heterocycles. The summed E-state index contributed by atoms with van der Waals surface area (Å²) in [6.45, 7) is 1.96. The summed E-state index contributed by atoms with van der Waals surface area (Å²) in [5.74, 6) is 1.88. The third-order valence-electron chi connectivity index (χ3n) is 3.93. The lowest BCUT2D eigenvalue weighted by Gasteiger charge is -2.22. The molecule has 1 aliphatic heterocycles. The smallest absolute Gasteiger partial charge is 0.161 e. The quantitative estimate of drug-likeness (QED) is 0.808. The monoisotopic (exact) mass is 235 g/mol. The van der Waals surface area contributed by atoms with Crippen LogP contribution >= 0.6 is 0 Å². The summed E-state index contributed by atoms with van der Waals surface area (Å²) < 4.78 is 11.1. The van der Waals surface area contributed by atoms with Crippen LogP contribution in [0.25, 0.3) is 0 Å². The third-order valence-corrected chi connectivity index (χ3v) is 3.93. The first-order chi connectivity index (χ1) is 8.30. The van der Waals surface area contributed by atoms with E-state index in [0.29, 0.717) is 19.8 Å². The van der Waals surface area contributed by atoms with Gasteiger partial charge in [-0.05, 0) is 30.0 Å². The van der Waals surface area contributed by atoms with E-state index in [2.05, 4.69) is 0 Å². The topological polar surface area (TPSA) is 64.7 Å². The molecule has 3 N–H and O–H groups in total. The van der Waals surface area contributed by atoms with Gasteiger partial charge < -0.3 is 20.3 Å². The molecule has 0 radical (unpaired) electrons. The first-order valence-corrected chi connectivity index (χ1v) is 6.01. The molecule has 2 unspecified atom stereocenters. The zero-order chi connectivity index (χ0) is 11.9. The predicted molar refractivity (Wildman–Crippen MR) is 63.4 cm³/mol. The largest absolute Gasteiger partial charge is 0.486 e. The van der Waals surface area contributed by atoms with E-state index in [9.17, 15) is 5.11 Å². The van der Waals surface area contributed by atoms with Crippen molar-refractivity contribution in [1.82, 2.24) is 0 Å². The number of hydrogen-bond donors (Lipinski definition) is 2. The Hall–Kier alpha value is -1.26. The van der Waals surface area contributed by atoms with E-state index in [1.807, 2.05) is 18.2 Å². The Morgan fingerprint density at radius 1 is 1.29 bits per heavy atom. The van der Waals surface area contributed by atoms with Gasteiger partial charge in [0.25, 0.3) is 0 Å². The highest BCUT2D eigenvalue weighted by atomic mass is 16.6. The summed E-state index contributed by atoms with van der Waals surface area (Å²) in [7, 11) is 0. The fraction of sp³-hybridized carbons (Fsp3) is 0.538. The zero-order valence-electron chi connectivity index (χ0n) is 9.69. The second-order valence-corrected chi connectivity index (χ2v) is 4.80.